The van der Waals surface area contributed by atoms with Gasteiger partial charge in [0, 0.05) is 43.2 Å². The second kappa shape index (κ2) is 49.0. The summed E-state index contributed by atoms with van der Waals surface area (Å²) in [6, 6.07) is 76.9. The zero-order valence-electron chi connectivity index (χ0n) is 73.4. The highest BCUT2D eigenvalue weighted by Gasteiger charge is 2.24. The number of ketones is 1. The molecule has 0 radical (unpaired) electrons. The molecule has 0 heterocycles. The number of aryl methyl sites for hydroxylation is 3. The normalized spacial score (nSPS) is 12.0. The van der Waals surface area contributed by atoms with Gasteiger partial charge in [-0.3, -0.25) is 19.0 Å². The third-order valence-corrected chi connectivity index (χ3v) is 30.3. The van der Waals surface area contributed by atoms with Crippen molar-refractivity contribution >= 4 is 133 Å². The lowest BCUT2D eigenvalue weighted by atomic mass is 9.84. The smallest absolute Gasteiger partial charge is 0.338 e. The van der Waals surface area contributed by atoms with Crippen LogP contribution in [0, 0.1) is 17.4 Å². The zero-order valence-corrected chi connectivity index (χ0v) is 82.0. The molecule has 0 spiro atoms. The van der Waals surface area contributed by atoms with Crippen molar-refractivity contribution in [1.29, 1.82) is 0 Å². The molecule has 0 bridgehead atoms. The van der Waals surface area contributed by atoms with E-state index in [9.17, 15) is 64.9 Å². The fraction of sp³-hybridized carbons (Fsp3) is 0.227. The highest BCUT2D eigenvalue weighted by atomic mass is 127. The molecule has 0 unspecified atom stereocenters. The third-order valence-electron chi connectivity index (χ3n) is 19.7. The van der Waals surface area contributed by atoms with Crippen LogP contribution in [0.5, 0.6) is 28.7 Å². The summed E-state index contributed by atoms with van der Waals surface area (Å²) in [7, 11) is -12.2. The van der Waals surface area contributed by atoms with Crippen molar-refractivity contribution in [3.05, 3.63) is 343 Å². The van der Waals surface area contributed by atoms with Gasteiger partial charge in [-0.2, -0.15) is 0 Å². The number of esters is 2. The maximum Gasteiger partial charge on any atom is 0.338 e. The van der Waals surface area contributed by atoms with Gasteiger partial charge in [0.1, 0.15) is 17.2 Å². The predicted molar refractivity (Wildman–Crippen MR) is 518 cm³/mol. The van der Waals surface area contributed by atoms with Crippen molar-refractivity contribution in [1.82, 2.24) is 0 Å². The summed E-state index contributed by atoms with van der Waals surface area (Å²) in [6.45, 7) is 9.28. The molecule has 1 saturated carbocycles. The summed E-state index contributed by atoms with van der Waals surface area (Å²) in [6.07, 6.45) is 7.12. The van der Waals surface area contributed by atoms with Crippen LogP contribution >= 0.6 is 38.5 Å². The number of methoxy groups -OCH3 is 6. The van der Waals surface area contributed by atoms with Crippen LogP contribution in [0.1, 0.15) is 129 Å². The van der Waals surface area contributed by atoms with E-state index >= 15 is 0 Å². The number of Topliss-reactive ketones (excluding diaryl/α,β-unsaturated/α-hetero) is 1. The summed E-state index contributed by atoms with van der Waals surface area (Å²) in [4.78, 5) is 36.0. The number of halogens is 2. The summed E-state index contributed by atoms with van der Waals surface area (Å²) < 4.78 is 193. The average molecular weight is 2060 g/mol. The van der Waals surface area contributed by atoms with Gasteiger partial charge < -0.3 is 33.2 Å². The monoisotopic (exact) mass is 2060 g/mol. The van der Waals surface area contributed by atoms with Gasteiger partial charge in [-0.05, 0) is 273 Å². The Morgan fingerprint density at radius 2 is 0.769 bits per heavy atom. The number of rotatable bonds is 29. The standard InChI is InChI=1S/C19H23NO3S.C18H20O4S.C16H16O3S.C15H15BrO4S.C15H15NO4S.C14H14INO4S/c1-23-18-11-9-17(10-12-18)20-24(21,22)19-13-7-16(8-14-19)15-5-3-2-4-6-15;1-3-14-8-10-17(11-9-14)23(20,21)13-15-6-5-7-16(12-15)18(19)22-4-2;1-12-6-8-16(9-7-12)20(18,19)11-14-4-3-5-15(10-14)13(2)17;1-19-14-8-3-11(9-15(14)20-2)10-21(17,18)13-6-4-12(16)5-7-13;1-11-6-8-14(9-7-11)21(18,19)16-13-5-3-4-12(10-13)15(17)20-2;1-19-12-7-11(8-13(9-12)20-2)16-21(17,18)14-5-3-10(15)4-6-14/h7-15,20H,2-6H2,1H3;5-12H,3-4,13H2,1-2H3;3-10H,11H2,1-2H3;3-9H,10H2,1-2H3;3-10,16H,1-2H3;3-9,16H,1-2H3. The molecule has 12 aromatic rings. The van der Waals surface area contributed by atoms with E-state index in [1.54, 1.807) is 251 Å². The molecule has 33 heteroatoms. The molecule has 1 fully saturated rings. The van der Waals surface area contributed by atoms with Crippen molar-refractivity contribution in [3.8, 4) is 28.7 Å². The van der Waals surface area contributed by atoms with Crippen LogP contribution in [0.2, 0.25) is 0 Å². The molecular weight excluding hydrogens is 1960 g/mol. The Hall–Kier alpha value is -11.4. The van der Waals surface area contributed by atoms with Crippen LogP contribution in [0.25, 0.3) is 0 Å². The lowest BCUT2D eigenvalue weighted by Crippen LogP contribution is -2.13. The molecule has 1 aliphatic rings. The number of hydrogen-bond donors (Lipinski definition) is 3. The van der Waals surface area contributed by atoms with Gasteiger partial charge in [0.05, 0.1) is 113 Å². The number of hydrogen-bond acceptors (Lipinski definition) is 22. The lowest BCUT2D eigenvalue weighted by Gasteiger charge is -2.22. The minimum absolute atomic E-state index is 0.0698. The first-order chi connectivity index (χ1) is 61.7. The van der Waals surface area contributed by atoms with Crippen molar-refractivity contribution in [2.45, 2.75) is 126 Å². The first kappa shape index (κ1) is 104. The second-order valence-electron chi connectivity index (χ2n) is 29.3. The Bertz CT molecular complexity index is 6520. The van der Waals surface area contributed by atoms with E-state index in [0.717, 1.165) is 31.2 Å². The number of sulfone groups is 3. The van der Waals surface area contributed by atoms with Crippen LogP contribution in [-0.4, -0.2) is 117 Å². The number of benzene rings is 12. The Morgan fingerprint density at radius 1 is 0.369 bits per heavy atom. The predicted octanol–water partition coefficient (Wildman–Crippen LogP) is 20.2. The molecular formula is C97H103BrIN3O22S6. The first-order valence-electron chi connectivity index (χ1n) is 40.5. The highest BCUT2D eigenvalue weighted by Crippen LogP contribution is 2.35. The first-order valence-corrected chi connectivity index (χ1v) is 51.8. The number of nitrogens with one attached hydrogen (secondary N) is 3. The van der Waals surface area contributed by atoms with Crippen molar-refractivity contribution in [2.24, 2.45) is 0 Å². The molecule has 0 atom stereocenters. The maximum atomic E-state index is 12.5. The number of anilines is 3. The van der Waals surface area contributed by atoms with E-state index in [1.165, 1.54) is 98.3 Å². The highest BCUT2D eigenvalue weighted by molar-refractivity contribution is 14.1. The molecule has 13 rings (SSSR count). The van der Waals surface area contributed by atoms with E-state index in [2.05, 4.69) is 57.4 Å². The van der Waals surface area contributed by atoms with Crippen molar-refractivity contribution in [2.75, 3.05) is 63.4 Å². The van der Waals surface area contributed by atoms with Crippen LogP contribution in [-0.2, 0) is 92.7 Å². The van der Waals surface area contributed by atoms with Gasteiger partial charge in [0.25, 0.3) is 30.1 Å². The van der Waals surface area contributed by atoms with E-state index < -0.39 is 71.5 Å². The van der Waals surface area contributed by atoms with Crippen LogP contribution < -0.4 is 37.9 Å². The molecule has 12 aromatic carbocycles. The lowest BCUT2D eigenvalue weighted by molar-refractivity contribution is 0.0524. The number of carbonyl (C=O) groups is 3. The second-order valence-corrected chi connectivity index (χ2v) is 42.5. The Kier molecular flexibility index (Phi) is 39.2. The topological polar surface area (TPSA) is 357 Å². The molecule has 1 aliphatic carbocycles. The summed E-state index contributed by atoms with van der Waals surface area (Å²) >= 11 is 5.41. The largest absolute Gasteiger partial charge is 0.497 e. The van der Waals surface area contributed by atoms with Gasteiger partial charge in [0.2, 0.25) is 0 Å². The number of ether oxygens (including phenoxy) is 7. The van der Waals surface area contributed by atoms with Gasteiger partial charge >= 0.3 is 11.9 Å². The Morgan fingerprint density at radius 3 is 1.22 bits per heavy atom. The fourth-order valence-electron chi connectivity index (χ4n) is 12.8. The molecule has 0 aromatic heterocycles. The summed E-state index contributed by atoms with van der Waals surface area (Å²) in [5.74, 6) is 2.00. The van der Waals surface area contributed by atoms with Gasteiger partial charge in [-0.25, -0.2) is 60.1 Å². The molecule has 688 valence electrons. The molecule has 0 amide bonds. The van der Waals surface area contributed by atoms with Crippen LogP contribution in [0.3, 0.4) is 0 Å². The van der Waals surface area contributed by atoms with Crippen molar-refractivity contribution in [3.63, 3.8) is 0 Å². The third kappa shape index (κ3) is 32.0. The van der Waals surface area contributed by atoms with E-state index in [4.69, 9.17) is 28.4 Å². The van der Waals surface area contributed by atoms with E-state index in [0.29, 0.717) is 89.3 Å². The summed E-state index contributed by atoms with van der Waals surface area (Å²) in [5.41, 5.74) is 8.54. The van der Waals surface area contributed by atoms with E-state index in [-0.39, 0.29) is 54.8 Å². The molecule has 0 aliphatic heterocycles. The fourth-order valence-corrected chi connectivity index (χ4v) is 20.5. The van der Waals surface area contributed by atoms with Crippen molar-refractivity contribution < 1.29 is 98.0 Å². The minimum atomic E-state index is -3.68. The Labute approximate surface area is 784 Å². The summed E-state index contributed by atoms with van der Waals surface area (Å²) in [5, 5.41) is 0. The molecule has 130 heavy (non-hydrogen) atoms. The average Bonchev–Trinajstić information content (AvgIpc) is 0.830. The zero-order chi connectivity index (χ0) is 95.0. The minimum Gasteiger partial charge on any atom is -0.497 e. The van der Waals surface area contributed by atoms with E-state index in [1.807, 2.05) is 45.0 Å². The van der Waals surface area contributed by atoms with Gasteiger partial charge in [-0.15, -0.1) is 0 Å². The van der Waals surface area contributed by atoms with Gasteiger partial charge in [-0.1, -0.05) is 144 Å². The van der Waals surface area contributed by atoms with Crippen LogP contribution in [0.4, 0.5) is 17.1 Å². The molecule has 3 N–H and O–H groups in total. The SMILES string of the molecule is CC(=O)c1cccc(CS(=O)(=O)c2ccc(C)cc2)c1.CCOC(=O)c1cccc(CS(=O)(=O)c2ccc(CC)cc2)c1.COC(=O)c1cccc(NS(=O)(=O)c2ccc(C)cc2)c1.COc1cc(NS(=O)(=O)c2ccc(I)cc2)cc(OC)c1.COc1ccc(CS(=O)(=O)c2ccc(Br)cc2)cc1OC.COc1ccc(NS(=O)(=O)c2ccc(C3CCCCC3)cc2)cc1. The molecule has 25 nitrogen and oxygen atoms in total. The number of carbonyl (C=O) groups excluding carboxylic acids is 3. The van der Waals surface area contributed by atoms with Crippen LogP contribution in [0.15, 0.2) is 313 Å². The number of sulfonamides is 3. The molecule has 0 saturated heterocycles. The van der Waals surface area contributed by atoms with Gasteiger partial charge in [0.15, 0.2) is 46.8 Å². The maximum absolute atomic E-state index is 12.5. The quantitative estimate of drug-likeness (QED) is 0.0223. The Balaban J connectivity index is 0.000000193.